The Balaban J connectivity index is 0.000000261. The molecule has 1 amide bonds. The largest absolute Gasteiger partial charge is 0.394 e. The van der Waals surface area contributed by atoms with Crippen molar-refractivity contribution in [3.05, 3.63) is 0 Å². The molecule has 1 aliphatic rings. The molecule has 0 saturated carbocycles. The van der Waals surface area contributed by atoms with E-state index in [9.17, 15) is 4.79 Å². The van der Waals surface area contributed by atoms with Gasteiger partial charge in [-0.05, 0) is 13.3 Å². The number of carbonyl (C=O) groups excluding carboxylic acids is 1. The van der Waals surface area contributed by atoms with Gasteiger partial charge in [0, 0.05) is 19.5 Å². The number of nitrogens with zero attached hydrogens (tertiary/aromatic N) is 1. The predicted molar refractivity (Wildman–Crippen MR) is 45.7 cm³/mol. The van der Waals surface area contributed by atoms with Gasteiger partial charge in [0.05, 0.1) is 13.2 Å². The van der Waals surface area contributed by atoms with E-state index in [1.54, 1.807) is 0 Å². The summed E-state index contributed by atoms with van der Waals surface area (Å²) >= 11 is 0. The summed E-state index contributed by atoms with van der Waals surface area (Å²) in [6.07, 6.45) is 1.83. The molecule has 0 aromatic carbocycles. The van der Waals surface area contributed by atoms with Crippen molar-refractivity contribution in [2.45, 2.75) is 19.8 Å². The standard InChI is InChI=1S/C6H11NO.C2H6O2/c1-2-7-5-3-4-6(7)8;3-1-2-4/h2-5H2,1H3;3-4H,1-2H2. The third-order valence-corrected chi connectivity index (χ3v) is 1.65. The highest BCUT2D eigenvalue weighted by molar-refractivity contribution is 5.77. The molecule has 4 nitrogen and oxygen atoms in total. The Hall–Kier alpha value is -0.610. The molecule has 1 heterocycles. The van der Waals surface area contributed by atoms with Gasteiger partial charge in [-0.3, -0.25) is 4.79 Å². The van der Waals surface area contributed by atoms with Crippen molar-refractivity contribution in [3.63, 3.8) is 0 Å². The maximum atomic E-state index is 10.7. The second-order valence-corrected chi connectivity index (χ2v) is 2.52. The minimum Gasteiger partial charge on any atom is -0.394 e. The van der Waals surface area contributed by atoms with E-state index >= 15 is 0 Å². The number of hydrogen-bond acceptors (Lipinski definition) is 3. The Morgan fingerprint density at radius 1 is 1.42 bits per heavy atom. The van der Waals surface area contributed by atoms with Gasteiger partial charge in [-0.25, -0.2) is 0 Å². The summed E-state index contributed by atoms with van der Waals surface area (Å²) in [4.78, 5) is 12.6. The number of hydrogen-bond donors (Lipinski definition) is 2. The van der Waals surface area contributed by atoms with Crippen molar-refractivity contribution >= 4 is 5.91 Å². The maximum Gasteiger partial charge on any atom is 0.222 e. The van der Waals surface area contributed by atoms with E-state index in [1.165, 1.54) is 0 Å². The molecule has 0 spiro atoms. The number of aliphatic hydroxyl groups excluding tert-OH is 2. The number of aliphatic hydroxyl groups is 2. The molecule has 1 aliphatic heterocycles. The van der Waals surface area contributed by atoms with Crippen molar-refractivity contribution in [1.29, 1.82) is 0 Å². The van der Waals surface area contributed by atoms with E-state index in [4.69, 9.17) is 10.2 Å². The number of carbonyl (C=O) groups is 1. The summed E-state index contributed by atoms with van der Waals surface area (Å²) in [7, 11) is 0. The predicted octanol–water partition coefficient (Wildman–Crippen LogP) is -0.400. The summed E-state index contributed by atoms with van der Waals surface area (Å²) in [6, 6.07) is 0. The van der Waals surface area contributed by atoms with E-state index in [0.29, 0.717) is 5.91 Å². The SMILES string of the molecule is CCN1CCCC1=O.OCCO. The van der Waals surface area contributed by atoms with Crippen LogP contribution in [0.1, 0.15) is 19.8 Å². The minimum absolute atomic E-state index is 0.125. The van der Waals surface area contributed by atoms with Crippen LogP contribution in [0.5, 0.6) is 0 Å². The van der Waals surface area contributed by atoms with Gasteiger partial charge in [0.25, 0.3) is 0 Å². The Labute approximate surface area is 72.8 Å². The molecule has 1 rings (SSSR count). The number of amides is 1. The minimum atomic E-state index is -0.125. The highest BCUT2D eigenvalue weighted by Crippen LogP contribution is 2.07. The third-order valence-electron chi connectivity index (χ3n) is 1.65. The van der Waals surface area contributed by atoms with Crippen LogP contribution in [0.4, 0.5) is 0 Å². The third kappa shape index (κ3) is 4.31. The molecule has 0 aromatic rings. The lowest BCUT2D eigenvalue weighted by atomic mass is 10.4. The van der Waals surface area contributed by atoms with Crippen LogP contribution in [0.3, 0.4) is 0 Å². The zero-order chi connectivity index (χ0) is 9.40. The molecule has 12 heavy (non-hydrogen) atoms. The first-order chi connectivity index (χ1) is 5.76. The number of likely N-dealkylation sites (tertiary alicyclic amines) is 1. The number of rotatable bonds is 2. The van der Waals surface area contributed by atoms with Crippen LogP contribution >= 0.6 is 0 Å². The van der Waals surface area contributed by atoms with Crippen molar-refractivity contribution in [1.82, 2.24) is 4.90 Å². The Kier molecular flexibility index (Phi) is 6.70. The summed E-state index contributed by atoms with van der Waals surface area (Å²) in [5, 5.41) is 15.2. The highest BCUT2D eigenvalue weighted by Gasteiger charge is 2.16. The van der Waals surface area contributed by atoms with Crippen molar-refractivity contribution in [2.75, 3.05) is 26.3 Å². The zero-order valence-corrected chi connectivity index (χ0v) is 7.49. The van der Waals surface area contributed by atoms with Gasteiger partial charge in [-0.2, -0.15) is 0 Å². The Morgan fingerprint density at radius 3 is 2.17 bits per heavy atom. The van der Waals surface area contributed by atoms with E-state index in [1.807, 2.05) is 11.8 Å². The fourth-order valence-electron chi connectivity index (χ4n) is 1.04. The van der Waals surface area contributed by atoms with Crippen LogP contribution in [0.2, 0.25) is 0 Å². The van der Waals surface area contributed by atoms with Crippen molar-refractivity contribution < 1.29 is 15.0 Å². The molecule has 1 fully saturated rings. The summed E-state index contributed by atoms with van der Waals surface area (Å²) in [6.45, 7) is 3.64. The normalized spacial score (nSPS) is 15.9. The van der Waals surface area contributed by atoms with Gasteiger partial charge in [0.1, 0.15) is 0 Å². The van der Waals surface area contributed by atoms with Crippen LogP contribution in [-0.4, -0.2) is 47.3 Å². The molecule has 1 saturated heterocycles. The average Bonchev–Trinajstić information content (AvgIpc) is 2.51. The molecular formula is C8H17NO3. The molecule has 2 N–H and O–H groups in total. The van der Waals surface area contributed by atoms with Crippen molar-refractivity contribution in [2.24, 2.45) is 0 Å². The van der Waals surface area contributed by atoms with Crippen LogP contribution in [0.15, 0.2) is 0 Å². The molecule has 4 heteroatoms. The van der Waals surface area contributed by atoms with Crippen LogP contribution in [0.25, 0.3) is 0 Å². The van der Waals surface area contributed by atoms with Gasteiger partial charge in [0.15, 0.2) is 0 Å². The van der Waals surface area contributed by atoms with E-state index in [-0.39, 0.29) is 13.2 Å². The first kappa shape index (κ1) is 11.4. The van der Waals surface area contributed by atoms with Gasteiger partial charge in [-0.15, -0.1) is 0 Å². The topological polar surface area (TPSA) is 60.8 Å². The first-order valence-electron chi connectivity index (χ1n) is 4.25. The zero-order valence-electron chi connectivity index (χ0n) is 7.49. The van der Waals surface area contributed by atoms with Gasteiger partial charge < -0.3 is 15.1 Å². The highest BCUT2D eigenvalue weighted by atomic mass is 16.3. The van der Waals surface area contributed by atoms with Crippen LogP contribution in [-0.2, 0) is 4.79 Å². The van der Waals surface area contributed by atoms with Crippen molar-refractivity contribution in [3.8, 4) is 0 Å². The fraction of sp³-hybridized carbons (Fsp3) is 0.875. The van der Waals surface area contributed by atoms with Gasteiger partial charge in [-0.1, -0.05) is 0 Å². The average molecular weight is 175 g/mol. The monoisotopic (exact) mass is 175 g/mol. The molecule has 72 valence electrons. The van der Waals surface area contributed by atoms with E-state index < -0.39 is 0 Å². The molecule has 0 aromatic heterocycles. The quantitative estimate of drug-likeness (QED) is 0.600. The van der Waals surface area contributed by atoms with Gasteiger partial charge in [0.2, 0.25) is 5.91 Å². The van der Waals surface area contributed by atoms with E-state index in [2.05, 4.69) is 0 Å². The molecular weight excluding hydrogens is 158 g/mol. The molecule has 0 radical (unpaired) electrons. The summed E-state index contributed by atoms with van der Waals surface area (Å²) < 4.78 is 0. The second-order valence-electron chi connectivity index (χ2n) is 2.52. The first-order valence-corrected chi connectivity index (χ1v) is 4.25. The molecule has 0 aliphatic carbocycles. The summed E-state index contributed by atoms with van der Waals surface area (Å²) in [5.41, 5.74) is 0. The molecule has 0 bridgehead atoms. The fourth-order valence-corrected chi connectivity index (χ4v) is 1.04. The lowest BCUT2D eigenvalue weighted by molar-refractivity contribution is -0.127. The second kappa shape index (κ2) is 7.06. The van der Waals surface area contributed by atoms with Crippen LogP contribution < -0.4 is 0 Å². The Bertz CT molecular complexity index is 125. The van der Waals surface area contributed by atoms with Gasteiger partial charge >= 0.3 is 0 Å². The lowest BCUT2D eigenvalue weighted by Crippen LogP contribution is -2.23. The lowest BCUT2D eigenvalue weighted by Gasteiger charge is -2.10. The molecule has 0 atom stereocenters. The molecule has 0 unspecified atom stereocenters. The van der Waals surface area contributed by atoms with Crippen LogP contribution in [0, 0.1) is 0 Å². The smallest absolute Gasteiger partial charge is 0.222 e. The summed E-state index contributed by atoms with van der Waals surface area (Å²) in [5.74, 6) is 0.326. The van der Waals surface area contributed by atoms with E-state index in [0.717, 1.165) is 25.9 Å². The Morgan fingerprint density at radius 2 is 2.00 bits per heavy atom. The maximum absolute atomic E-state index is 10.7.